The Labute approximate surface area is 242 Å². The smallest absolute Gasteiger partial charge is 0.296 e. The van der Waals surface area contributed by atoms with Gasteiger partial charge in [-0.25, -0.2) is 0 Å². The van der Waals surface area contributed by atoms with E-state index in [4.69, 9.17) is 4.42 Å². The van der Waals surface area contributed by atoms with Gasteiger partial charge in [0, 0.05) is 23.5 Å². The molecule has 7 rings (SSSR count). The van der Waals surface area contributed by atoms with E-state index in [0.29, 0.717) is 21.2 Å². The van der Waals surface area contributed by atoms with Crippen LogP contribution in [0.1, 0.15) is 27.7 Å². The number of fused-ring (bicyclic) bond motifs is 2. The highest BCUT2D eigenvalue weighted by atomic mass is 32.2. The van der Waals surface area contributed by atoms with Gasteiger partial charge in [0.2, 0.25) is 10.9 Å². The summed E-state index contributed by atoms with van der Waals surface area (Å²) in [7, 11) is 0. The van der Waals surface area contributed by atoms with Crippen molar-refractivity contribution in [2.45, 2.75) is 16.1 Å². The summed E-state index contributed by atoms with van der Waals surface area (Å²) < 4.78 is 6.45. The molecule has 4 heterocycles. The summed E-state index contributed by atoms with van der Waals surface area (Å²) >= 11 is 2.74. The van der Waals surface area contributed by atoms with Gasteiger partial charge in [-0.05, 0) is 40.1 Å². The lowest BCUT2D eigenvalue weighted by Crippen LogP contribution is -2.31. The molecule has 0 bridgehead atoms. The molecule has 8 nitrogen and oxygen atoms in total. The van der Waals surface area contributed by atoms with E-state index >= 15 is 0 Å². The standard InChI is InChI=1S/C31H20N4O4S2/c36-27(24-15-19-8-2-4-13-23(19)39-24)25-26(20-11-6-14-32-16-20)35(29(38)28(25)37)30-33-34-31(41-30)40-17-21-10-5-9-18-7-1-3-12-22(18)21/h1-16,26,37H,17H2. The number of hydrogen-bond donors (Lipinski definition) is 1. The van der Waals surface area contributed by atoms with Crippen LogP contribution in [-0.4, -0.2) is 32.0 Å². The molecule has 3 aromatic carbocycles. The van der Waals surface area contributed by atoms with Gasteiger partial charge >= 0.3 is 0 Å². The lowest BCUT2D eigenvalue weighted by molar-refractivity contribution is -0.117. The van der Waals surface area contributed by atoms with Crippen LogP contribution < -0.4 is 4.90 Å². The predicted molar refractivity (Wildman–Crippen MR) is 158 cm³/mol. The summed E-state index contributed by atoms with van der Waals surface area (Å²) in [6.45, 7) is 0. The fraction of sp³-hybridized carbons (Fsp3) is 0.0645. The number of aromatic nitrogens is 3. The molecule has 10 heteroatoms. The summed E-state index contributed by atoms with van der Waals surface area (Å²) in [4.78, 5) is 32.7. The van der Waals surface area contributed by atoms with E-state index in [9.17, 15) is 14.7 Å². The van der Waals surface area contributed by atoms with Gasteiger partial charge in [-0.2, -0.15) is 0 Å². The third-order valence-corrected chi connectivity index (χ3v) is 9.04. The van der Waals surface area contributed by atoms with Crippen LogP contribution in [0.2, 0.25) is 0 Å². The second-order valence-corrected chi connectivity index (χ2v) is 11.6. The van der Waals surface area contributed by atoms with Crippen LogP contribution >= 0.6 is 23.1 Å². The number of ketones is 1. The fourth-order valence-electron chi connectivity index (χ4n) is 5.03. The average Bonchev–Trinajstić information content (AvgIpc) is 3.72. The SMILES string of the molecule is O=C(C1=C(O)C(=O)N(c2nnc(SCc3cccc4ccccc34)s2)C1c1cccnc1)c1cc2ccccc2o1. The number of thioether (sulfide) groups is 1. The first kappa shape index (κ1) is 25.2. The van der Waals surface area contributed by atoms with Gasteiger partial charge in [0.1, 0.15) is 5.58 Å². The Balaban J connectivity index is 1.22. The summed E-state index contributed by atoms with van der Waals surface area (Å²) in [6.07, 6.45) is 3.16. The number of carbonyl (C=O) groups is 2. The normalized spacial score (nSPS) is 15.4. The maximum absolute atomic E-state index is 13.8. The first-order valence-corrected chi connectivity index (χ1v) is 14.5. The van der Waals surface area contributed by atoms with E-state index in [-0.39, 0.29) is 16.5 Å². The number of aliphatic hydroxyl groups is 1. The van der Waals surface area contributed by atoms with Crippen molar-refractivity contribution in [3.05, 3.63) is 126 Å². The van der Waals surface area contributed by atoms with Crippen LogP contribution in [0.15, 0.2) is 117 Å². The minimum absolute atomic E-state index is 0.0277. The fourth-order valence-corrected chi connectivity index (χ4v) is 6.90. The number of furan rings is 1. The number of aliphatic hydroxyl groups excluding tert-OH is 1. The van der Waals surface area contributed by atoms with Crippen molar-refractivity contribution in [3.63, 3.8) is 0 Å². The predicted octanol–water partition coefficient (Wildman–Crippen LogP) is 6.91. The number of carbonyl (C=O) groups excluding carboxylic acids is 2. The molecule has 1 aliphatic heterocycles. The first-order valence-electron chi connectivity index (χ1n) is 12.7. The van der Waals surface area contributed by atoms with Crippen LogP contribution in [0.5, 0.6) is 0 Å². The number of rotatable bonds is 7. The van der Waals surface area contributed by atoms with Crippen LogP contribution in [0, 0.1) is 0 Å². The molecule has 0 saturated carbocycles. The molecule has 1 aliphatic rings. The topological polar surface area (TPSA) is 109 Å². The molecule has 1 atom stereocenters. The monoisotopic (exact) mass is 576 g/mol. The van der Waals surface area contributed by atoms with Crippen LogP contribution in [0.3, 0.4) is 0 Å². The van der Waals surface area contributed by atoms with Gasteiger partial charge in [0.05, 0.1) is 11.6 Å². The van der Waals surface area contributed by atoms with Crippen molar-refractivity contribution >= 4 is 61.7 Å². The van der Waals surface area contributed by atoms with Gasteiger partial charge in [-0.15, -0.1) is 10.2 Å². The number of hydrogen-bond acceptors (Lipinski definition) is 9. The maximum Gasteiger partial charge on any atom is 0.296 e. The molecule has 0 spiro atoms. The average molecular weight is 577 g/mol. The van der Waals surface area contributed by atoms with Crippen molar-refractivity contribution in [1.82, 2.24) is 15.2 Å². The number of pyridine rings is 1. The summed E-state index contributed by atoms with van der Waals surface area (Å²) in [5.41, 5.74) is 2.15. The molecule has 0 saturated heterocycles. The van der Waals surface area contributed by atoms with Gasteiger partial charge in [0.15, 0.2) is 15.9 Å². The Hall–Kier alpha value is -4.80. The molecule has 0 aliphatic carbocycles. The molecule has 1 amide bonds. The second-order valence-electron chi connectivity index (χ2n) is 9.38. The third kappa shape index (κ3) is 4.47. The number of para-hydroxylation sites is 1. The Morgan fingerprint density at radius 3 is 2.61 bits per heavy atom. The zero-order chi connectivity index (χ0) is 27.9. The Bertz CT molecular complexity index is 1940. The van der Waals surface area contributed by atoms with Crippen LogP contribution in [0.25, 0.3) is 21.7 Å². The molecule has 41 heavy (non-hydrogen) atoms. The van der Waals surface area contributed by atoms with E-state index in [1.54, 1.807) is 42.7 Å². The molecule has 1 N–H and O–H groups in total. The summed E-state index contributed by atoms with van der Waals surface area (Å²) in [5.74, 6) is -1.28. The molecule has 1 unspecified atom stereocenters. The quantitative estimate of drug-likeness (QED) is 0.124. The molecule has 0 fully saturated rings. The molecular formula is C31H20N4O4S2. The summed E-state index contributed by atoms with van der Waals surface area (Å²) in [6, 6.07) is 25.7. The van der Waals surface area contributed by atoms with Crippen LogP contribution in [0.4, 0.5) is 5.13 Å². The van der Waals surface area contributed by atoms with Crippen LogP contribution in [-0.2, 0) is 10.5 Å². The largest absolute Gasteiger partial charge is 0.503 e. The van der Waals surface area contributed by atoms with Gasteiger partial charge < -0.3 is 9.52 Å². The highest BCUT2D eigenvalue weighted by Gasteiger charge is 2.47. The minimum atomic E-state index is -0.958. The third-order valence-electron chi connectivity index (χ3n) is 6.94. The van der Waals surface area contributed by atoms with Crippen molar-refractivity contribution in [1.29, 1.82) is 0 Å². The van der Waals surface area contributed by atoms with E-state index in [0.717, 1.165) is 16.3 Å². The highest BCUT2D eigenvalue weighted by molar-refractivity contribution is 8.00. The number of nitrogens with zero attached hydrogens (tertiary/aromatic N) is 4. The second kappa shape index (κ2) is 10.3. The molecule has 0 radical (unpaired) electrons. The van der Waals surface area contributed by atoms with Gasteiger partial charge in [-0.1, -0.05) is 89.8 Å². The van der Waals surface area contributed by atoms with Crippen molar-refractivity contribution < 1.29 is 19.1 Å². The molecule has 3 aromatic heterocycles. The van der Waals surface area contributed by atoms with Gasteiger partial charge in [-0.3, -0.25) is 19.5 Å². The Morgan fingerprint density at radius 2 is 1.78 bits per heavy atom. The first-order chi connectivity index (χ1) is 20.1. The van der Waals surface area contributed by atoms with E-state index in [1.165, 1.54) is 33.4 Å². The highest BCUT2D eigenvalue weighted by Crippen LogP contribution is 2.44. The number of amides is 1. The minimum Gasteiger partial charge on any atom is -0.503 e. The van der Waals surface area contributed by atoms with Crippen molar-refractivity contribution in [2.75, 3.05) is 4.90 Å². The molecule has 6 aromatic rings. The Morgan fingerprint density at radius 1 is 0.976 bits per heavy atom. The van der Waals surface area contributed by atoms with E-state index < -0.39 is 23.5 Å². The van der Waals surface area contributed by atoms with Crippen molar-refractivity contribution in [2.24, 2.45) is 0 Å². The van der Waals surface area contributed by atoms with E-state index in [2.05, 4.69) is 39.4 Å². The summed E-state index contributed by atoms with van der Waals surface area (Å²) in [5, 5.41) is 23.0. The number of benzene rings is 3. The van der Waals surface area contributed by atoms with Gasteiger partial charge in [0.25, 0.3) is 5.91 Å². The number of Topliss-reactive ketones (excluding diaryl/α,β-unsaturated/α-hetero) is 1. The zero-order valence-electron chi connectivity index (χ0n) is 21.3. The number of anilines is 1. The molecule has 200 valence electrons. The van der Waals surface area contributed by atoms with E-state index in [1.807, 2.05) is 30.3 Å². The zero-order valence-corrected chi connectivity index (χ0v) is 22.9. The Kier molecular flexibility index (Phi) is 6.33. The lowest BCUT2D eigenvalue weighted by atomic mass is 9.96. The molecular weight excluding hydrogens is 556 g/mol. The van der Waals surface area contributed by atoms with Crippen molar-refractivity contribution in [3.8, 4) is 0 Å². The maximum atomic E-state index is 13.8. The lowest BCUT2D eigenvalue weighted by Gasteiger charge is -2.23.